The summed E-state index contributed by atoms with van der Waals surface area (Å²) in [5.74, 6) is 2.91. The van der Waals surface area contributed by atoms with Crippen molar-refractivity contribution in [2.75, 3.05) is 7.11 Å². The van der Waals surface area contributed by atoms with Crippen LogP contribution >= 0.6 is 0 Å². The maximum atomic E-state index is 12.4. The molecule has 3 unspecified atom stereocenters. The molecule has 1 saturated carbocycles. The molecule has 3 atom stereocenters. The van der Waals surface area contributed by atoms with Gasteiger partial charge in [-0.1, -0.05) is 19.8 Å². The number of rotatable bonds is 2. The molecule has 2 aliphatic rings. The molecule has 1 aliphatic heterocycles. The van der Waals surface area contributed by atoms with Gasteiger partial charge in [-0.3, -0.25) is 4.79 Å². The Hall–Kier alpha value is -1.51. The molecule has 108 valence electrons. The zero-order valence-electron chi connectivity index (χ0n) is 12.2. The van der Waals surface area contributed by atoms with Crippen LogP contribution in [0.15, 0.2) is 18.2 Å². The highest BCUT2D eigenvalue weighted by atomic mass is 16.5. The van der Waals surface area contributed by atoms with Crippen LogP contribution in [0.5, 0.6) is 11.5 Å². The van der Waals surface area contributed by atoms with Crippen molar-refractivity contribution in [2.45, 2.75) is 45.1 Å². The molecule has 3 rings (SSSR count). The number of carbonyl (C=O) groups excluding carboxylic acids is 1. The van der Waals surface area contributed by atoms with Crippen molar-refractivity contribution in [3.8, 4) is 11.5 Å². The topological polar surface area (TPSA) is 35.5 Å². The lowest BCUT2D eigenvalue weighted by atomic mass is 9.77. The summed E-state index contributed by atoms with van der Waals surface area (Å²) in [6.07, 6.45) is 5.51. The van der Waals surface area contributed by atoms with Crippen molar-refractivity contribution in [3.05, 3.63) is 23.8 Å². The van der Waals surface area contributed by atoms with E-state index >= 15 is 0 Å². The van der Waals surface area contributed by atoms with Crippen LogP contribution in [0.3, 0.4) is 0 Å². The third-order valence-electron chi connectivity index (χ3n) is 4.65. The molecule has 0 N–H and O–H groups in total. The zero-order chi connectivity index (χ0) is 14.1. The quantitative estimate of drug-likeness (QED) is 0.821. The Morgan fingerprint density at radius 2 is 2.15 bits per heavy atom. The number of hydrogen-bond acceptors (Lipinski definition) is 3. The van der Waals surface area contributed by atoms with Crippen molar-refractivity contribution in [1.29, 1.82) is 0 Å². The monoisotopic (exact) mass is 274 g/mol. The number of Topliss-reactive ketones (excluding diaryl/α,β-unsaturated/α-hetero) is 1. The fraction of sp³-hybridized carbons (Fsp3) is 0.588. The van der Waals surface area contributed by atoms with Gasteiger partial charge in [-0.05, 0) is 42.9 Å². The summed E-state index contributed by atoms with van der Waals surface area (Å²) in [6, 6.07) is 5.51. The van der Waals surface area contributed by atoms with E-state index < -0.39 is 0 Å². The number of benzene rings is 1. The Bertz CT molecular complexity index is 509. The third kappa shape index (κ3) is 2.54. The van der Waals surface area contributed by atoms with Crippen molar-refractivity contribution in [2.24, 2.45) is 11.8 Å². The molecule has 0 radical (unpaired) electrons. The van der Waals surface area contributed by atoms with Gasteiger partial charge in [-0.15, -0.1) is 0 Å². The van der Waals surface area contributed by atoms with Crippen LogP contribution in [0.4, 0.5) is 0 Å². The second-order valence-corrected chi connectivity index (χ2v) is 6.18. The van der Waals surface area contributed by atoms with Crippen LogP contribution in [0.1, 0.15) is 49.4 Å². The fourth-order valence-corrected chi connectivity index (χ4v) is 3.54. The van der Waals surface area contributed by atoms with Gasteiger partial charge in [-0.2, -0.15) is 0 Å². The Morgan fingerprint density at radius 3 is 2.90 bits per heavy atom. The van der Waals surface area contributed by atoms with Crippen LogP contribution in [-0.2, 0) is 0 Å². The number of ketones is 1. The van der Waals surface area contributed by atoms with Crippen molar-refractivity contribution < 1.29 is 14.3 Å². The number of ether oxygens (including phenoxy) is 2. The molecule has 0 spiro atoms. The number of fused-ring (bicyclic) bond motifs is 1. The molecule has 3 heteroatoms. The maximum Gasteiger partial charge on any atom is 0.170 e. The van der Waals surface area contributed by atoms with Gasteiger partial charge in [0.25, 0.3) is 0 Å². The van der Waals surface area contributed by atoms with Crippen LogP contribution in [0.2, 0.25) is 0 Å². The van der Waals surface area contributed by atoms with Gasteiger partial charge in [0.2, 0.25) is 0 Å². The van der Waals surface area contributed by atoms with E-state index in [9.17, 15) is 4.79 Å². The van der Waals surface area contributed by atoms with E-state index in [1.165, 1.54) is 25.7 Å². The number of carbonyl (C=O) groups is 1. The minimum atomic E-state index is 0.0612. The Morgan fingerprint density at radius 1 is 1.30 bits per heavy atom. The average Bonchev–Trinajstić information content (AvgIpc) is 2.47. The van der Waals surface area contributed by atoms with E-state index in [-0.39, 0.29) is 11.9 Å². The summed E-state index contributed by atoms with van der Waals surface area (Å²) in [6.45, 7) is 2.30. The summed E-state index contributed by atoms with van der Waals surface area (Å²) in [5, 5.41) is 0. The molecule has 0 aromatic heterocycles. The first kappa shape index (κ1) is 13.5. The Labute approximate surface area is 120 Å². The molecule has 1 aromatic carbocycles. The van der Waals surface area contributed by atoms with E-state index in [0.717, 1.165) is 11.7 Å². The first-order valence-electron chi connectivity index (χ1n) is 7.55. The second-order valence-electron chi connectivity index (χ2n) is 6.18. The predicted molar refractivity (Wildman–Crippen MR) is 77.5 cm³/mol. The largest absolute Gasteiger partial charge is 0.497 e. The molecule has 1 fully saturated rings. The minimum Gasteiger partial charge on any atom is -0.497 e. The maximum absolute atomic E-state index is 12.4. The normalized spacial score (nSPS) is 29.5. The summed E-state index contributed by atoms with van der Waals surface area (Å²) in [4.78, 5) is 12.4. The Balaban J connectivity index is 1.80. The van der Waals surface area contributed by atoms with Gasteiger partial charge in [-0.25, -0.2) is 0 Å². The molecule has 20 heavy (non-hydrogen) atoms. The lowest BCUT2D eigenvalue weighted by molar-refractivity contribution is 0.0597. The molecule has 1 aromatic rings. The minimum absolute atomic E-state index is 0.0612. The van der Waals surface area contributed by atoms with E-state index in [1.807, 2.05) is 12.1 Å². The fourth-order valence-electron chi connectivity index (χ4n) is 3.54. The van der Waals surface area contributed by atoms with Gasteiger partial charge in [0, 0.05) is 6.42 Å². The summed E-state index contributed by atoms with van der Waals surface area (Å²) < 4.78 is 11.3. The molecule has 3 nitrogen and oxygen atoms in total. The van der Waals surface area contributed by atoms with Crippen molar-refractivity contribution in [1.82, 2.24) is 0 Å². The van der Waals surface area contributed by atoms with Gasteiger partial charge in [0.05, 0.1) is 12.7 Å². The molecule has 1 heterocycles. The van der Waals surface area contributed by atoms with E-state index in [4.69, 9.17) is 9.47 Å². The summed E-state index contributed by atoms with van der Waals surface area (Å²) in [5.41, 5.74) is 0.671. The van der Waals surface area contributed by atoms with Crippen LogP contribution in [0, 0.1) is 11.8 Å². The van der Waals surface area contributed by atoms with Gasteiger partial charge in [0.15, 0.2) is 5.78 Å². The smallest absolute Gasteiger partial charge is 0.170 e. The van der Waals surface area contributed by atoms with Crippen LogP contribution in [-0.4, -0.2) is 19.0 Å². The Kier molecular flexibility index (Phi) is 3.68. The lowest BCUT2D eigenvalue weighted by Crippen LogP contribution is -2.36. The van der Waals surface area contributed by atoms with Gasteiger partial charge < -0.3 is 9.47 Å². The van der Waals surface area contributed by atoms with E-state index in [1.54, 1.807) is 13.2 Å². The zero-order valence-corrected chi connectivity index (χ0v) is 12.2. The van der Waals surface area contributed by atoms with Crippen LogP contribution in [0.25, 0.3) is 0 Å². The molecule has 0 bridgehead atoms. The van der Waals surface area contributed by atoms with Gasteiger partial charge >= 0.3 is 0 Å². The van der Waals surface area contributed by atoms with Gasteiger partial charge in [0.1, 0.15) is 17.6 Å². The molecular weight excluding hydrogens is 252 g/mol. The van der Waals surface area contributed by atoms with Crippen LogP contribution < -0.4 is 9.47 Å². The van der Waals surface area contributed by atoms with E-state index in [2.05, 4.69) is 6.92 Å². The summed E-state index contributed by atoms with van der Waals surface area (Å²) >= 11 is 0. The highest BCUT2D eigenvalue weighted by Crippen LogP contribution is 2.38. The SMILES string of the molecule is COc1ccc2c(c1)C(=O)CC(C1CCCC(C)C1)O2. The van der Waals surface area contributed by atoms with E-state index in [0.29, 0.717) is 23.7 Å². The molecule has 0 amide bonds. The summed E-state index contributed by atoms with van der Waals surface area (Å²) in [7, 11) is 1.61. The standard InChI is InChI=1S/C17H22O3/c1-11-4-3-5-12(8-11)17-10-15(18)14-9-13(19-2)6-7-16(14)20-17/h6-7,9,11-12,17H,3-5,8,10H2,1-2H3. The first-order chi connectivity index (χ1) is 9.67. The number of methoxy groups -OCH3 is 1. The first-order valence-corrected chi connectivity index (χ1v) is 7.55. The number of hydrogen-bond donors (Lipinski definition) is 0. The lowest BCUT2D eigenvalue weighted by Gasteiger charge is -2.35. The van der Waals surface area contributed by atoms with Crippen molar-refractivity contribution in [3.63, 3.8) is 0 Å². The molecule has 0 saturated heterocycles. The molecular formula is C17H22O3. The molecule has 1 aliphatic carbocycles. The average molecular weight is 274 g/mol. The highest BCUT2D eigenvalue weighted by molar-refractivity contribution is 6.00. The highest BCUT2D eigenvalue weighted by Gasteiger charge is 2.34. The third-order valence-corrected chi connectivity index (χ3v) is 4.65. The van der Waals surface area contributed by atoms with Crippen molar-refractivity contribution >= 4 is 5.78 Å². The second kappa shape index (κ2) is 5.47. The predicted octanol–water partition coefficient (Wildman–Crippen LogP) is 3.86.